The first-order chi connectivity index (χ1) is 13.0. The van der Waals surface area contributed by atoms with E-state index in [9.17, 15) is 4.79 Å². The number of aryl methyl sites for hydroxylation is 1. The van der Waals surface area contributed by atoms with E-state index in [4.69, 9.17) is 23.2 Å². The fourth-order valence-corrected chi connectivity index (χ4v) is 3.19. The summed E-state index contributed by atoms with van der Waals surface area (Å²) in [5, 5.41) is 3.98. The molecule has 4 rings (SSSR count). The molecular weight excluding hydrogens is 381 g/mol. The summed E-state index contributed by atoms with van der Waals surface area (Å²) < 4.78 is 0. The first-order valence-electron chi connectivity index (χ1n) is 8.33. The van der Waals surface area contributed by atoms with Crippen LogP contribution in [0.1, 0.15) is 15.9 Å². The molecule has 0 saturated carbocycles. The fourth-order valence-electron chi connectivity index (χ4n) is 2.80. The van der Waals surface area contributed by atoms with Crippen LogP contribution in [-0.4, -0.2) is 15.9 Å². The molecule has 6 heteroatoms. The zero-order valence-electron chi connectivity index (χ0n) is 14.4. The highest BCUT2D eigenvalue weighted by Crippen LogP contribution is 2.30. The standard InChI is InChI=1S/C21H15Cl2N3O/c1-12-6-7-13(10-17(12)23)21(27)24-14-8-9-16(22)15(11-14)20-25-18-4-2-3-5-19(18)26-20/h2-11H,1H3,(H,24,27)(H,25,26). The number of nitrogens with zero attached hydrogens (tertiary/aromatic N) is 1. The maximum atomic E-state index is 12.5. The Balaban J connectivity index is 1.65. The first-order valence-corrected chi connectivity index (χ1v) is 9.09. The summed E-state index contributed by atoms with van der Waals surface area (Å²) in [4.78, 5) is 20.4. The van der Waals surface area contributed by atoms with E-state index in [1.54, 1.807) is 30.3 Å². The predicted octanol–water partition coefficient (Wildman–Crippen LogP) is 6.10. The van der Waals surface area contributed by atoms with Crippen LogP contribution in [0, 0.1) is 6.92 Å². The lowest BCUT2D eigenvalue weighted by molar-refractivity contribution is 0.102. The van der Waals surface area contributed by atoms with E-state index in [0.29, 0.717) is 32.7 Å². The van der Waals surface area contributed by atoms with Crippen LogP contribution in [0.3, 0.4) is 0 Å². The summed E-state index contributed by atoms with van der Waals surface area (Å²) in [6.07, 6.45) is 0. The number of hydrogen-bond acceptors (Lipinski definition) is 2. The van der Waals surface area contributed by atoms with E-state index in [2.05, 4.69) is 15.3 Å². The number of halogens is 2. The second-order valence-electron chi connectivity index (χ2n) is 6.22. The Hall–Kier alpha value is -2.82. The van der Waals surface area contributed by atoms with E-state index in [1.165, 1.54) is 0 Å². The number of hydrogen-bond donors (Lipinski definition) is 2. The minimum Gasteiger partial charge on any atom is -0.338 e. The van der Waals surface area contributed by atoms with Gasteiger partial charge in [-0.2, -0.15) is 0 Å². The number of carbonyl (C=O) groups is 1. The predicted molar refractivity (Wildman–Crippen MR) is 111 cm³/mol. The molecule has 0 unspecified atom stereocenters. The van der Waals surface area contributed by atoms with Crippen molar-refractivity contribution in [3.63, 3.8) is 0 Å². The molecule has 0 fully saturated rings. The maximum Gasteiger partial charge on any atom is 0.255 e. The van der Waals surface area contributed by atoms with Gasteiger partial charge < -0.3 is 10.3 Å². The van der Waals surface area contributed by atoms with Gasteiger partial charge >= 0.3 is 0 Å². The summed E-state index contributed by atoms with van der Waals surface area (Å²) in [5.74, 6) is 0.408. The molecule has 0 aliphatic heterocycles. The summed E-state index contributed by atoms with van der Waals surface area (Å²) in [6, 6.07) is 18.3. The topological polar surface area (TPSA) is 57.8 Å². The Bertz CT molecular complexity index is 1130. The highest BCUT2D eigenvalue weighted by atomic mass is 35.5. The van der Waals surface area contributed by atoms with Crippen molar-refractivity contribution >= 4 is 45.8 Å². The van der Waals surface area contributed by atoms with Crippen molar-refractivity contribution in [1.29, 1.82) is 0 Å². The van der Waals surface area contributed by atoms with Gasteiger partial charge in [0.05, 0.1) is 16.1 Å². The van der Waals surface area contributed by atoms with Gasteiger partial charge in [-0.05, 0) is 55.0 Å². The second-order valence-corrected chi connectivity index (χ2v) is 7.03. The minimum atomic E-state index is -0.241. The van der Waals surface area contributed by atoms with Gasteiger partial charge in [-0.25, -0.2) is 4.98 Å². The van der Waals surface area contributed by atoms with E-state index in [-0.39, 0.29) is 5.91 Å². The molecule has 134 valence electrons. The first kappa shape index (κ1) is 17.6. The molecule has 27 heavy (non-hydrogen) atoms. The van der Waals surface area contributed by atoms with Crippen LogP contribution in [0.25, 0.3) is 22.4 Å². The Morgan fingerprint density at radius 1 is 1.00 bits per heavy atom. The van der Waals surface area contributed by atoms with Crippen molar-refractivity contribution in [2.75, 3.05) is 5.32 Å². The minimum absolute atomic E-state index is 0.241. The van der Waals surface area contributed by atoms with Crippen LogP contribution in [0.4, 0.5) is 5.69 Å². The summed E-state index contributed by atoms with van der Waals surface area (Å²) in [6.45, 7) is 1.89. The molecule has 0 spiro atoms. The number of carbonyl (C=O) groups excluding carboxylic acids is 1. The van der Waals surface area contributed by atoms with Crippen LogP contribution in [0.5, 0.6) is 0 Å². The third-order valence-electron chi connectivity index (χ3n) is 4.30. The zero-order valence-corrected chi connectivity index (χ0v) is 15.9. The van der Waals surface area contributed by atoms with Crippen molar-refractivity contribution in [1.82, 2.24) is 9.97 Å². The monoisotopic (exact) mass is 395 g/mol. The summed E-state index contributed by atoms with van der Waals surface area (Å²) in [5.41, 5.74) is 4.53. The molecule has 1 aromatic heterocycles. The van der Waals surface area contributed by atoms with E-state index in [0.717, 1.165) is 16.6 Å². The van der Waals surface area contributed by atoms with Gasteiger partial charge in [-0.15, -0.1) is 0 Å². The molecule has 1 amide bonds. The number of aromatic nitrogens is 2. The van der Waals surface area contributed by atoms with E-state index in [1.807, 2.05) is 37.3 Å². The quantitative estimate of drug-likeness (QED) is 0.440. The molecule has 4 nitrogen and oxygen atoms in total. The molecule has 2 N–H and O–H groups in total. The largest absolute Gasteiger partial charge is 0.338 e. The highest BCUT2D eigenvalue weighted by molar-refractivity contribution is 6.33. The van der Waals surface area contributed by atoms with Crippen LogP contribution >= 0.6 is 23.2 Å². The van der Waals surface area contributed by atoms with Crippen LogP contribution in [0.15, 0.2) is 60.7 Å². The number of anilines is 1. The molecule has 0 aliphatic carbocycles. The third kappa shape index (κ3) is 3.54. The molecule has 0 saturated heterocycles. The van der Waals surface area contributed by atoms with Gasteiger partial charge in [0.25, 0.3) is 5.91 Å². The second kappa shape index (κ2) is 7.06. The fraction of sp³-hybridized carbons (Fsp3) is 0.0476. The number of imidazole rings is 1. The Labute approximate surface area is 166 Å². The summed E-state index contributed by atoms with van der Waals surface area (Å²) in [7, 11) is 0. The SMILES string of the molecule is Cc1ccc(C(=O)Nc2ccc(Cl)c(-c3nc4ccccc4[nH]3)c2)cc1Cl. The van der Waals surface area contributed by atoms with Crippen molar-refractivity contribution in [2.24, 2.45) is 0 Å². The van der Waals surface area contributed by atoms with E-state index >= 15 is 0 Å². The van der Waals surface area contributed by atoms with Crippen molar-refractivity contribution in [3.8, 4) is 11.4 Å². The number of amides is 1. The Morgan fingerprint density at radius 3 is 2.59 bits per heavy atom. The number of fused-ring (bicyclic) bond motifs is 1. The molecule has 0 radical (unpaired) electrons. The lowest BCUT2D eigenvalue weighted by atomic mass is 10.1. The van der Waals surface area contributed by atoms with Crippen LogP contribution in [-0.2, 0) is 0 Å². The smallest absolute Gasteiger partial charge is 0.255 e. The van der Waals surface area contributed by atoms with Crippen LogP contribution < -0.4 is 5.32 Å². The number of benzene rings is 3. The van der Waals surface area contributed by atoms with Gasteiger partial charge in [-0.3, -0.25) is 4.79 Å². The zero-order chi connectivity index (χ0) is 19.0. The molecule has 4 aromatic rings. The van der Waals surface area contributed by atoms with Gasteiger partial charge in [0.15, 0.2) is 0 Å². The molecule has 1 heterocycles. The van der Waals surface area contributed by atoms with Crippen LogP contribution in [0.2, 0.25) is 10.0 Å². The number of para-hydroxylation sites is 2. The number of aromatic amines is 1. The lowest BCUT2D eigenvalue weighted by Gasteiger charge is -2.09. The Morgan fingerprint density at radius 2 is 1.81 bits per heavy atom. The molecule has 0 aliphatic rings. The third-order valence-corrected chi connectivity index (χ3v) is 5.04. The summed E-state index contributed by atoms with van der Waals surface area (Å²) >= 11 is 12.5. The van der Waals surface area contributed by atoms with Crippen molar-refractivity contribution in [3.05, 3.63) is 81.8 Å². The maximum absolute atomic E-state index is 12.5. The van der Waals surface area contributed by atoms with Crippen molar-refractivity contribution in [2.45, 2.75) is 6.92 Å². The average molecular weight is 396 g/mol. The molecule has 0 atom stereocenters. The van der Waals surface area contributed by atoms with Gasteiger partial charge in [0, 0.05) is 21.8 Å². The number of nitrogens with one attached hydrogen (secondary N) is 2. The number of H-pyrrole nitrogens is 1. The highest BCUT2D eigenvalue weighted by Gasteiger charge is 2.12. The Kier molecular flexibility index (Phi) is 4.60. The molecular formula is C21H15Cl2N3O. The van der Waals surface area contributed by atoms with Crippen molar-refractivity contribution < 1.29 is 4.79 Å². The average Bonchev–Trinajstić information content (AvgIpc) is 3.09. The van der Waals surface area contributed by atoms with Gasteiger partial charge in [0.2, 0.25) is 0 Å². The molecule has 0 bridgehead atoms. The normalized spacial score (nSPS) is 10.9. The van der Waals surface area contributed by atoms with Gasteiger partial charge in [0.1, 0.15) is 5.82 Å². The number of rotatable bonds is 3. The van der Waals surface area contributed by atoms with E-state index < -0.39 is 0 Å². The molecule has 3 aromatic carbocycles. The van der Waals surface area contributed by atoms with Gasteiger partial charge in [-0.1, -0.05) is 41.4 Å². The lowest BCUT2D eigenvalue weighted by Crippen LogP contribution is -2.12.